The lowest BCUT2D eigenvalue weighted by Gasteiger charge is -2.34. The van der Waals surface area contributed by atoms with E-state index < -0.39 is 0 Å². The van der Waals surface area contributed by atoms with Gasteiger partial charge in [-0.25, -0.2) is 0 Å². The molecule has 0 radical (unpaired) electrons. The number of unbranched alkanes of at least 4 members (excludes halogenated alkanes) is 1. The summed E-state index contributed by atoms with van der Waals surface area (Å²) in [4.78, 5) is 0. The highest BCUT2D eigenvalue weighted by molar-refractivity contribution is 5.20. The molecule has 1 saturated carbocycles. The number of nitrogens with two attached hydrogens (primary N) is 1. The van der Waals surface area contributed by atoms with Crippen LogP contribution in [0.2, 0.25) is 0 Å². The van der Waals surface area contributed by atoms with Crippen molar-refractivity contribution in [2.45, 2.75) is 57.1 Å². The van der Waals surface area contributed by atoms with Gasteiger partial charge in [-0.2, -0.15) is 0 Å². The van der Waals surface area contributed by atoms with Gasteiger partial charge >= 0.3 is 0 Å². The molecule has 2 heteroatoms. The second-order valence-corrected chi connectivity index (χ2v) is 5.35. The van der Waals surface area contributed by atoms with Crippen LogP contribution in [-0.4, -0.2) is 18.8 Å². The summed E-state index contributed by atoms with van der Waals surface area (Å²) in [6, 6.07) is 11.0. The SMILES string of the molecule is CCCCOC1CC(c2ccccc2)CCC1N. The number of rotatable bonds is 5. The minimum atomic E-state index is 0.224. The zero-order valence-electron chi connectivity index (χ0n) is 11.3. The highest BCUT2D eigenvalue weighted by atomic mass is 16.5. The topological polar surface area (TPSA) is 35.2 Å². The molecule has 3 atom stereocenters. The highest BCUT2D eigenvalue weighted by Gasteiger charge is 2.29. The van der Waals surface area contributed by atoms with Gasteiger partial charge in [0.2, 0.25) is 0 Å². The summed E-state index contributed by atoms with van der Waals surface area (Å²) in [6.45, 7) is 3.05. The molecular formula is C16H25NO. The molecule has 0 heterocycles. The third-order valence-corrected chi connectivity index (χ3v) is 3.94. The third-order valence-electron chi connectivity index (χ3n) is 3.94. The molecule has 0 amide bonds. The van der Waals surface area contributed by atoms with E-state index in [4.69, 9.17) is 10.5 Å². The molecule has 0 spiro atoms. The lowest BCUT2D eigenvalue weighted by molar-refractivity contribution is 0.00814. The van der Waals surface area contributed by atoms with Gasteiger partial charge < -0.3 is 10.5 Å². The number of hydrogen-bond donors (Lipinski definition) is 1. The molecule has 18 heavy (non-hydrogen) atoms. The number of ether oxygens (including phenoxy) is 1. The Hall–Kier alpha value is -0.860. The van der Waals surface area contributed by atoms with Gasteiger partial charge in [-0.1, -0.05) is 43.7 Å². The Morgan fingerprint density at radius 3 is 2.72 bits per heavy atom. The van der Waals surface area contributed by atoms with Crippen LogP contribution in [-0.2, 0) is 4.74 Å². The zero-order chi connectivity index (χ0) is 12.8. The van der Waals surface area contributed by atoms with Gasteiger partial charge in [0, 0.05) is 12.6 Å². The van der Waals surface area contributed by atoms with Gasteiger partial charge in [-0.05, 0) is 37.2 Å². The van der Waals surface area contributed by atoms with Crippen LogP contribution in [0, 0.1) is 0 Å². The molecule has 1 aromatic rings. The molecule has 1 aromatic carbocycles. The zero-order valence-corrected chi connectivity index (χ0v) is 11.3. The van der Waals surface area contributed by atoms with E-state index in [-0.39, 0.29) is 12.1 Å². The molecule has 1 aliphatic rings. The maximum atomic E-state index is 6.18. The Balaban J connectivity index is 1.91. The lowest BCUT2D eigenvalue weighted by Crippen LogP contribution is -2.41. The quantitative estimate of drug-likeness (QED) is 0.809. The summed E-state index contributed by atoms with van der Waals surface area (Å²) in [5, 5.41) is 0. The summed E-state index contributed by atoms with van der Waals surface area (Å²) in [5.74, 6) is 0.623. The van der Waals surface area contributed by atoms with Gasteiger partial charge in [-0.3, -0.25) is 0 Å². The van der Waals surface area contributed by atoms with Crippen molar-refractivity contribution in [1.82, 2.24) is 0 Å². The Labute approximate surface area is 111 Å². The van der Waals surface area contributed by atoms with Crippen molar-refractivity contribution in [3.8, 4) is 0 Å². The van der Waals surface area contributed by atoms with E-state index >= 15 is 0 Å². The van der Waals surface area contributed by atoms with Crippen molar-refractivity contribution in [3.63, 3.8) is 0 Å². The second kappa shape index (κ2) is 6.91. The maximum absolute atomic E-state index is 6.18. The van der Waals surface area contributed by atoms with Crippen LogP contribution in [0.3, 0.4) is 0 Å². The van der Waals surface area contributed by atoms with E-state index in [2.05, 4.69) is 37.3 Å². The largest absolute Gasteiger partial charge is 0.377 e. The van der Waals surface area contributed by atoms with E-state index in [1.54, 1.807) is 0 Å². The Morgan fingerprint density at radius 2 is 2.00 bits per heavy atom. The van der Waals surface area contributed by atoms with Crippen LogP contribution in [0.1, 0.15) is 50.5 Å². The van der Waals surface area contributed by atoms with Gasteiger partial charge in [0.15, 0.2) is 0 Å². The van der Waals surface area contributed by atoms with E-state index in [9.17, 15) is 0 Å². The number of benzene rings is 1. The van der Waals surface area contributed by atoms with Gasteiger partial charge in [0.05, 0.1) is 6.10 Å². The molecular weight excluding hydrogens is 222 g/mol. The highest BCUT2D eigenvalue weighted by Crippen LogP contribution is 2.33. The van der Waals surface area contributed by atoms with Gasteiger partial charge in [-0.15, -0.1) is 0 Å². The predicted octanol–water partition coefficient (Wildman–Crippen LogP) is 3.47. The Bertz CT molecular complexity index is 338. The summed E-state index contributed by atoms with van der Waals surface area (Å²) >= 11 is 0. The first-order valence-corrected chi connectivity index (χ1v) is 7.23. The monoisotopic (exact) mass is 247 g/mol. The average molecular weight is 247 g/mol. The fourth-order valence-electron chi connectivity index (χ4n) is 2.75. The van der Waals surface area contributed by atoms with Crippen molar-refractivity contribution >= 4 is 0 Å². The van der Waals surface area contributed by atoms with Crippen LogP contribution in [0.5, 0.6) is 0 Å². The van der Waals surface area contributed by atoms with Crippen molar-refractivity contribution in [1.29, 1.82) is 0 Å². The first-order chi connectivity index (χ1) is 8.81. The van der Waals surface area contributed by atoms with Crippen LogP contribution < -0.4 is 5.73 Å². The molecule has 0 aliphatic heterocycles. The molecule has 3 unspecified atom stereocenters. The molecule has 0 aromatic heterocycles. The van der Waals surface area contributed by atoms with Gasteiger partial charge in [0.25, 0.3) is 0 Å². The van der Waals surface area contributed by atoms with Crippen molar-refractivity contribution in [2.75, 3.05) is 6.61 Å². The maximum Gasteiger partial charge on any atom is 0.0731 e. The molecule has 2 N–H and O–H groups in total. The van der Waals surface area contributed by atoms with Crippen LogP contribution >= 0.6 is 0 Å². The summed E-state index contributed by atoms with van der Waals surface area (Å²) in [7, 11) is 0. The molecule has 1 fully saturated rings. The minimum Gasteiger partial charge on any atom is -0.377 e. The van der Waals surface area contributed by atoms with E-state index in [1.165, 1.54) is 18.4 Å². The summed E-state index contributed by atoms with van der Waals surface area (Å²) in [6.07, 6.45) is 5.92. The third kappa shape index (κ3) is 3.56. The van der Waals surface area contributed by atoms with Crippen molar-refractivity contribution < 1.29 is 4.74 Å². The Kier molecular flexibility index (Phi) is 5.21. The first-order valence-electron chi connectivity index (χ1n) is 7.23. The predicted molar refractivity (Wildman–Crippen MR) is 75.7 cm³/mol. The smallest absolute Gasteiger partial charge is 0.0731 e. The van der Waals surface area contributed by atoms with Crippen LogP contribution in [0.15, 0.2) is 30.3 Å². The fourth-order valence-corrected chi connectivity index (χ4v) is 2.75. The number of hydrogen-bond acceptors (Lipinski definition) is 2. The van der Waals surface area contributed by atoms with Crippen LogP contribution in [0.4, 0.5) is 0 Å². The van der Waals surface area contributed by atoms with Gasteiger partial charge in [0.1, 0.15) is 0 Å². The normalized spacial score (nSPS) is 28.2. The first kappa shape index (κ1) is 13.6. The van der Waals surface area contributed by atoms with E-state index in [1.807, 2.05) is 0 Å². The summed E-state index contributed by atoms with van der Waals surface area (Å²) in [5.41, 5.74) is 7.61. The fraction of sp³-hybridized carbons (Fsp3) is 0.625. The summed E-state index contributed by atoms with van der Waals surface area (Å²) < 4.78 is 5.96. The molecule has 2 nitrogen and oxygen atoms in total. The average Bonchev–Trinajstić information content (AvgIpc) is 2.42. The molecule has 2 rings (SSSR count). The van der Waals surface area contributed by atoms with Crippen molar-refractivity contribution in [3.05, 3.63) is 35.9 Å². The van der Waals surface area contributed by atoms with E-state index in [0.717, 1.165) is 25.9 Å². The molecule has 100 valence electrons. The molecule has 0 bridgehead atoms. The second-order valence-electron chi connectivity index (χ2n) is 5.35. The lowest BCUT2D eigenvalue weighted by atomic mass is 9.80. The minimum absolute atomic E-state index is 0.224. The van der Waals surface area contributed by atoms with E-state index in [0.29, 0.717) is 5.92 Å². The van der Waals surface area contributed by atoms with Crippen molar-refractivity contribution in [2.24, 2.45) is 5.73 Å². The molecule has 0 saturated heterocycles. The molecule has 1 aliphatic carbocycles. The standard InChI is InChI=1S/C16H25NO/c1-2-3-11-18-16-12-14(9-10-15(16)17)13-7-5-4-6-8-13/h4-8,14-16H,2-3,9-12,17H2,1H3. The Morgan fingerprint density at radius 1 is 1.22 bits per heavy atom. The van der Waals surface area contributed by atoms with Crippen LogP contribution in [0.25, 0.3) is 0 Å².